The summed E-state index contributed by atoms with van der Waals surface area (Å²) in [5.41, 5.74) is 0. The summed E-state index contributed by atoms with van der Waals surface area (Å²) in [4.78, 5) is 0. The molecule has 0 aromatic heterocycles. The number of hydrogen-bond acceptors (Lipinski definition) is 1. The fourth-order valence-electron chi connectivity index (χ4n) is 2.16. The fourth-order valence-corrected chi connectivity index (χ4v) is 3.88. The zero-order valence-corrected chi connectivity index (χ0v) is 7.94. The number of thioether (sulfide) groups is 1. The van der Waals surface area contributed by atoms with E-state index in [1.54, 1.807) is 0 Å². The fraction of sp³-hybridized carbons (Fsp3) is 0.800. The molecule has 0 nitrogen and oxygen atoms in total. The molecule has 1 heterocycles. The van der Waals surface area contributed by atoms with Gasteiger partial charge in [-0.3, -0.25) is 0 Å². The summed E-state index contributed by atoms with van der Waals surface area (Å²) in [5.74, 6) is 1.02. The normalized spacial score (nSPS) is 42.5. The first-order valence-corrected chi connectivity index (χ1v) is 5.65. The summed E-state index contributed by atoms with van der Waals surface area (Å²) in [6.45, 7) is 2.32. The Hall–Kier alpha value is 0.0900. The molecule has 2 rings (SSSR count). The molecule has 1 fully saturated rings. The summed E-state index contributed by atoms with van der Waals surface area (Å²) in [7, 11) is 0. The van der Waals surface area contributed by atoms with Crippen LogP contribution in [0.25, 0.3) is 0 Å². The lowest BCUT2D eigenvalue weighted by atomic mass is 9.90. The van der Waals surface area contributed by atoms with Crippen molar-refractivity contribution < 1.29 is 0 Å². The molecular weight excluding hydrogens is 152 g/mol. The number of hydrogen-bond donors (Lipinski definition) is 0. The van der Waals surface area contributed by atoms with Crippen LogP contribution in [0.15, 0.2) is 12.2 Å². The minimum Gasteiger partial charge on any atom is -0.155 e. The van der Waals surface area contributed by atoms with Crippen LogP contribution < -0.4 is 0 Å². The molecule has 1 aliphatic heterocycles. The van der Waals surface area contributed by atoms with Gasteiger partial charge in [0.25, 0.3) is 0 Å². The summed E-state index contributed by atoms with van der Waals surface area (Å²) >= 11 is 2.24. The third kappa shape index (κ3) is 1.48. The predicted octanol–water partition coefficient (Wildman–Crippen LogP) is 3.24. The Bertz CT molecular complexity index is 146. The third-order valence-corrected chi connectivity index (χ3v) is 4.73. The van der Waals surface area contributed by atoms with E-state index in [-0.39, 0.29) is 0 Å². The van der Waals surface area contributed by atoms with Crippen molar-refractivity contribution in [1.82, 2.24) is 0 Å². The maximum absolute atomic E-state index is 2.37. The van der Waals surface area contributed by atoms with Crippen LogP contribution in [-0.2, 0) is 0 Å². The molecule has 0 saturated carbocycles. The van der Waals surface area contributed by atoms with Crippen LogP contribution in [0.2, 0.25) is 0 Å². The van der Waals surface area contributed by atoms with Gasteiger partial charge < -0.3 is 0 Å². The van der Waals surface area contributed by atoms with E-state index in [2.05, 4.69) is 30.8 Å². The zero-order chi connectivity index (χ0) is 7.68. The molecule has 2 aliphatic rings. The highest BCUT2D eigenvalue weighted by atomic mass is 32.2. The van der Waals surface area contributed by atoms with E-state index in [0.29, 0.717) is 0 Å². The first-order chi connectivity index (χ1) is 5.40. The van der Waals surface area contributed by atoms with Gasteiger partial charge in [0.15, 0.2) is 0 Å². The van der Waals surface area contributed by atoms with E-state index in [4.69, 9.17) is 0 Å². The van der Waals surface area contributed by atoms with Crippen molar-refractivity contribution >= 4 is 11.8 Å². The van der Waals surface area contributed by atoms with Crippen LogP contribution in [0.3, 0.4) is 0 Å². The second-order valence-electron chi connectivity index (χ2n) is 3.64. The number of fused-ring (bicyclic) bond motifs is 1. The van der Waals surface area contributed by atoms with Crippen LogP contribution in [0.5, 0.6) is 0 Å². The van der Waals surface area contributed by atoms with Gasteiger partial charge in [0.1, 0.15) is 0 Å². The van der Waals surface area contributed by atoms with E-state index in [9.17, 15) is 0 Å². The highest BCUT2D eigenvalue weighted by molar-refractivity contribution is 8.00. The van der Waals surface area contributed by atoms with Crippen molar-refractivity contribution in [1.29, 1.82) is 0 Å². The highest BCUT2D eigenvalue weighted by Crippen LogP contribution is 2.45. The summed E-state index contributed by atoms with van der Waals surface area (Å²) in [5, 5.41) is 1.95. The van der Waals surface area contributed by atoms with Gasteiger partial charge in [0.05, 0.1) is 0 Å². The second-order valence-corrected chi connectivity index (χ2v) is 5.19. The zero-order valence-electron chi connectivity index (χ0n) is 7.12. The average molecular weight is 168 g/mol. The summed E-state index contributed by atoms with van der Waals surface area (Å²) in [6, 6.07) is 0. The van der Waals surface area contributed by atoms with E-state index in [0.717, 1.165) is 16.4 Å². The second kappa shape index (κ2) is 3.22. The van der Waals surface area contributed by atoms with E-state index >= 15 is 0 Å². The van der Waals surface area contributed by atoms with Crippen molar-refractivity contribution in [3.05, 3.63) is 12.2 Å². The Morgan fingerprint density at radius 2 is 2.18 bits per heavy atom. The molecule has 0 bridgehead atoms. The molecule has 3 atom stereocenters. The third-order valence-electron chi connectivity index (χ3n) is 2.89. The maximum atomic E-state index is 2.37. The molecule has 0 radical (unpaired) electrons. The standard InChI is InChI=1S/C10H16S/c1-2-9-7-8-5-3-4-6-10(8)11-9/h3-4,8-10H,2,5-7H2,1H3. The molecule has 62 valence electrons. The molecule has 1 heteroatoms. The molecule has 1 saturated heterocycles. The number of allylic oxidation sites excluding steroid dienone is 2. The lowest BCUT2D eigenvalue weighted by Gasteiger charge is -2.18. The Balaban J connectivity index is 1.98. The van der Waals surface area contributed by atoms with Crippen molar-refractivity contribution in [2.24, 2.45) is 5.92 Å². The van der Waals surface area contributed by atoms with Gasteiger partial charge in [-0.2, -0.15) is 11.8 Å². The van der Waals surface area contributed by atoms with E-state index in [1.165, 1.54) is 25.7 Å². The van der Waals surface area contributed by atoms with Crippen LogP contribution in [0, 0.1) is 5.92 Å². The quantitative estimate of drug-likeness (QED) is 0.542. The molecule has 0 spiro atoms. The van der Waals surface area contributed by atoms with Gasteiger partial charge in [0.2, 0.25) is 0 Å². The number of rotatable bonds is 1. The minimum absolute atomic E-state index is 0.977. The van der Waals surface area contributed by atoms with Crippen LogP contribution in [0.4, 0.5) is 0 Å². The first kappa shape index (κ1) is 7.72. The van der Waals surface area contributed by atoms with Crippen LogP contribution >= 0.6 is 11.8 Å². The van der Waals surface area contributed by atoms with Gasteiger partial charge in [-0.15, -0.1) is 0 Å². The Morgan fingerprint density at radius 1 is 1.36 bits per heavy atom. The molecule has 3 unspecified atom stereocenters. The predicted molar refractivity (Wildman–Crippen MR) is 51.9 cm³/mol. The summed E-state index contributed by atoms with van der Waals surface area (Å²) in [6.07, 6.45) is 10.3. The monoisotopic (exact) mass is 168 g/mol. The molecule has 1 aliphatic carbocycles. The molecule has 0 N–H and O–H groups in total. The smallest absolute Gasteiger partial charge is 0.0116 e. The van der Waals surface area contributed by atoms with Gasteiger partial charge in [-0.1, -0.05) is 19.1 Å². The average Bonchev–Trinajstić information content (AvgIpc) is 2.46. The highest BCUT2D eigenvalue weighted by Gasteiger charge is 2.33. The first-order valence-electron chi connectivity index (χ1n) is 4.70. The SMILES string of the molecule is CCC1CC2CC=CCC2S1. The van der Waals surface area contributed by atoms with Gasteiger partial charge in [0, 0.05) is 10.5 Å². The molecular formula is C10H16S. The van der Waals surface area contributed by atoms with Crippen LogP contribution in [0.1, 0.15) is 32.6 Å². The lowest BCUT2D eigenvalue weighted by molar-refractivity contribution is 0.478. The van der Waals surface area contributed by atoms with Gasteiger partial charge in [-0.05, 0) is 31.6 Å². The minimum atomic E-state index is 0.977. The molecule has 0 amide bonds. The maximum Gasteiger partial charge on any atom is 0.0116 e. The van der Waals surface area contributed by atoms with Crippen molar-refractivity contribution in [3.8, 4) is 0 Å². The lowest BCUT2D eigenvalue weighted by Crippen LogP contribution is -2.12. The largest absolute Gasteiger partial charge is 0.155 e. The molecule has 11 heavy (non-hydrogen) atoms. The summed E-state index contributed by atoms with van der Waals surface area (Å²) < 4.78 is 0. The van der Waals surface area contributed by atoms with Crippen molar-refractivity contribution in [2.45, 2.75) is 43.1 Å². The Kier molecular flexibility index (Phi) is 2.26. The Morgan fingerprint density at radius 3 is 2.91 bits per heavy atom. The van der Waals surface area contributed by atoms with Crippen molar-refractivity contribution in [2.75, 3.05) is 0 Å². The molecule has 0 aromatic carbocycles. The van der Waals surface area contributed by atoms with E-state index < -0.39 is 0 Å². The topological polar surface area (TPSA) is 0 Å². The van der Waals surface area contributed by atoms with Crippen molar-refractivity contribution in [3.63, 3.8) is 0 Å². The van der Waals surface area contributed by atoms with Gasteiger partial charge in [-0.25, -0.2) is 0 Å². The Labute approximate surface area is 73.4 Å². The van der Waals surface area contributed by atoms with Gasteiger partial charge >= 0.3 is 0 Å². The van der Waals surface area contributed by atoms with Crippen LogP contribution in [-0.4, -0.2) is 10.5 Å². The molecule has 0 aromatic rings. The van der Waals surface area contributed by atoms with E-state index in [1.807, 2.05) is 0 Å².